The molecule has 1 aromatic carbocycles. The van der Waals surface area contributed by atoms with Crippen LogP contribution in [0.3, 0.4) is 0 Å². The third-order valence-electron chi connectivity index (χ3n) is 6.61. The van der Waals surface area contributed by atoms with E-state index in [1.807, 2.05) is 32.9 Å². The predicted molar refractivity (Wildman–Crippen MR) is 141 cm³/mol. The van der Waals surface area contributed by atoms with Gasteiger partial charge in [0.05, 0.1) is 4.90 Å². The van der Waals surface area contributed by atoms with Crippen molar-refractivity contribution in [2.45, 2.75) is 69.9 Å². The molecule has 1 amide bonds. The maximum Gasteiger partial charge on any atom is 0.410 e. The number of piperidine rings is 1. The van der Waals surface area contributed by atoms with Gasteiger partial charge in [-0.3, -0.25) is 0 Å². The molecule has 0 aliphatic carbocycles. The molecule has 4 rings (SSSR count). The molecule has 2 aromatic rings. The van der Waals surface area contributed by atoms with E-state index in [2.05, 4.69) is 26.7 Å². The third kappa shape index (κ3) is 5.91. The van der Waals surface area contributed by atoms with Gasteiger partial charge in [-0.15, -0.1) is 0 Å². The lowest BCUT2D eigenvalue weighted by atomic mass is 10.0. The van der Waals surface area contributed by atoms with Gasteiger partial charge in [-0.2, -0.15) is 0 Å². The van der Waals surface area contributed by atoms with Crippen molar-refractivity contribution in [1.82, 2.24) is 14.9 Å². The van der Waals surface area contributed by atoms with Crippen molar-refractivity contribution < 1.29 is 17.9 Å². The number of rotatable bonds is 6. The number of likely N-dealkylation sites (tertiary alicyclic amines) is 1. The minimum absolute atomic E-state index is 0.251. The molecule has 1 saturated heterocycles. The van der Waals surface area contributed by atoms with Crippen LogP contribution in [0.2, 0.25) is 0 Å². The number of fused-ring (bicyclic) bond motifs is 1. The Bertz CT molecular complexity index is 1200. The number of ether oxygens (including phenoxy) is 1. The van der Waals surface area contributed by atoms with Gasteiger partial charge >= 0.3 is 6.09 Å². The van der Waals surface area contributed by atoms with E-state index in [1.165, 1.54) is 6.26 Å². The molecule has 10 heteroatoms. The highest BCUT2D eigenvalue weighted by molar-refractivity contribution is 7.90. The predicted octanol–water partition coefficient (Wildman–Crippen LogP) is 4.19. The zero-order valence-electron chi connectivity index (χ0n) is 21.9. The first kappa shape index (κ1) is 26.2. The van der Waals surface area contributed by atoms with E-state index < -0.39 is 15.4 Å². The van der Waals surface area contributed by atoms with E-state index >= 15 is 0 Å². The van der Waals surface area contributed by atoms with Crippen LogP contribution in [-0.4, -0.2) is 73.5 Å². The highest BCUT2D eigenvalue weighted by Crippen LogP contribution is 2.36. The Morgan fingerprint density at radius 2 is 1.86 bits per heavy atom. The standard InChI is InChI=1S/C26H37N5O4S/c1-6-12-30(20-10-13-29(14-11-20)25(32)35-26(2,3)4)23-17-24(28-18-27-23)31-15-9-19-16-21(36(5,33)34)7-8-22(19)31/h7-8,16-18,20H,6,9-15H2,1-5H3. The second-order valence-corrected chi connectivity index (χ2v) is 12.6. The molecule has 0 N–H and O–H groups in total. The Balaban J connectivity index is 1.50. The SMILES string of the molecule is CCCN(c1cc(N2CCc3cc(S(C)(=O)=O)ccc32)ncn1)C1CCN(C(=O)OC(C)(C)C)CC1. The molecule has 0 atom stereocenters. The Morgan fingerprint density at radius 3 is 2.50 bits per heavy atom. The molecule has 2 aliphatic rings. The summed E-state index contributed by atoms with van der Waals surface area (Å²) in [5, 5.41) is 0. The molecule has 0 spiro atoms. The fourth-order valence-electron chi connectivity index (χ4n) is 4.90. The fraction of sp³-hybridized carbons (Fsp3) is 0.577. The summed E-state index contributed by atoms with van der Waals surface area (Å²) in [5.41, 5.74) is 1.50. The number of carbonyl (C=O) groups is 1. The summed E-state index contributed by atoms with van der Waals surface area (Å²) >= 11 is 0. The third-order valence-corrected chi connectivity index (χ3v) is 7.72. The summed E-state index contributed by atoms with van der Waals surface area (Å²) in [6.07, 6.45) is 6.02. The summed E-state index contributed by atoms with van der Waals surface area (Å²) in [4.78, 5) is 28.2. The van der Waals surface area contributed by atoms with Crippen LogP contribution in [0.5, 0.6) is 0 Å². The molecule has 2 aliphatic heterocycles. The molecule has 0 radical (unpaired) electrons. The highest BCUT2D eigenvalue weighted by atomic mass is 32.2. The molecule has 1 aromatic heterocycles. The molecule has 36 heavy (non-hydrogen) atoms. The van der Waals surface area contributed by atoms with E-state index in [-0.39, 0.29) is 12.1 Å². The van der Waals surface area contributed by atoms with Crippen molar-refractivity contribution in [2.24, 2.45) is 0 Å². The van der Waals surface area contributed by atoms with Gasteiger partial charge in [-0.25, -0.2) is 23.2 Å². The molecular weight excluding hydrogens is 478 g/mol. The van der Waals surface area contributed by atoms with Gasteiger partial charge in [0.25, 0.3) is 0 Å². The number of nitrogens with zero attached hydrogens (tertiary/aromatic N) is 5. The maximum atomic E-state index is 12.5. The second kappa shape index (κ2) is 10.2. The van der Waals surface area contributed by atoms with Crippen LogP contribution in [0.1, 0.15) is 52.5 Å². The number of carbonyl (C=O) groups excluding carboxylic acids is 1. The largest absolute Gasteiger partial charge is 0.444 e. The zero-order valence-corrected chi connectivity index (χ0v) is 22.7. The van der Waals surface area contributed by atoms with Gasteiger partial charge in [-0.1, -0.05) is 6.92 Å². The minimum atomic E-state index is -3.25. The Labute approximate surface area is 214 Å². The van der Waals surface area contributed by atoms with E-state index in [9.17, 15) is 13.2 Å². The Kier molecular flexibility index (Phi) is 7.45. The molecular formula is C26H37N5O4S. The number of anilines is 3. The van der Waals surface area contributed by atoms with Gasteiger partial charge < -0.3 is 19.4 Å². The first-order valence-corrected chi connectivity index (χ1v) is 14.5. The van der Waals surface area contributed by atoms with Crippen LogP contribution in [0.15, 0.2) is 35.5 Å². The molecule has 0 bridgehead atoms. The van der Waals surface area contributed by atoms with Gasteiger partial charge in [0.15, 0.2) is 9.84 Å². The van der Waals surface area contributed by atoms with Gasteiger partial charge in [0.2, 0.25) is 0 Å². The van der Waals surface area contributed by atoms with Crippen LogP contribution in [-0.2, 0) is 21.0 Å². The van der Waals surface area contributed by atoms with E-state index in [4.69, 9.17) is 4.74 Å². The number of sulfone groups is 1. The van der Waals surface area contributed by atoms with Crippen LogP contribution in [0, 0.1) is 0 Å². The number of hydrogen-bond donors (Lipinski definition) is 0. The summed E-state index contributed by atoms with van der Waals surface area (Å²) in [6.45, 7) is 10.7. The lowest BCUT2D eigenvalue weighted by molar-refractivity contribution is 0.0204. The van der Waals surface area contributed by atoms with Crippen molar-refractivity contribution in [3.8, 4) is 0 Å². The zero-order chi connectivity index (χ0) is 26.1. The number of aromatic nitrogens is 2. The van der Waals surface area contributed by atoms with Crippen LogP contribution < -0.4 is 9.80 Å². The smallest absolute Gasteiger partial charge is 0.410 e. The van der Waals surface area contributed by atoms with Crippen molar-refractivity contribution in [3.63, 3.8) is 0 Å². The molecule has 0 unspecified atom stereocenters. The number of benzene rings is 1. The van der Waals surface area contributed by atoms with E-state index in [1.54, 1.807) is 23.4 Å². The maximum absolute atomic E-state index is 12.5. The first-order valence-electron chi connectivity index (χ1n) is 12.6. The van der Waals surface area contributed by atoms with Crippen LogP contribution in [0.25, 0.3) is 0 Å². The lowest BCUT2D eigenvalue weighted by Gasteiger charge is -2.39. The monoisotopic (exact) mass is 515 g/mol. The van der Waals surface area contributed by atoms with Crippen molar-refractivity contribution >= 4 is 33.3 Å². The minimum Gasteiger partial charge on any atom is -0.444 e. The average molecular weight is 516 g/mol. The molecule has 9 nitrogen and oxygen atoms in total. The van der Waals surface area contributed by atoms with Crippen molar-refractivity contribution in [1.29, 1.82) is 0 Å². The molecule has 3 heterocycles. The quantitative estimate of drug-likeness (QED) is 0.565. The highest BCUT2D eigenvalue weighted by Gasteiger charge is 2.31. The van der Waals surface area contributed by atoms with Crippen molar-refractivity contribution in [2.75, 3.05) is 42.2 Å². The summed E-state index contributed by atoms with van der Waals surface area (Å²) in [6, 6.07) is 7.60. The molecule has 196 valence electrons. The molecule has 0 saturated carbocycles. The average Bonchev–Trinajstić information content (AvgIpc) is 3.25. The Hall–Kier alpha value is -2.88. The van der Waals surface area contributed by atoms with Gasteiger partial charge in [-0.05, 0) is 70.2 Å². The fourth-order valence-corrected chi connectivity index (χ4v) is 5.57. The second-order valence-electron chi connectivity index (χ2n) is 10.6. The van der Waals surface area contributed by atoms with Gasteiger partial charge in [0, 0.05) is 50.2 Å². The Morgan fingerprint density at radius 1 is 1.14 bits per heavy atom. The van der Waals surface area contributed by atoms with Crippen molar-refractivity contribution in [3.05, 3.63) is 36.2 Å². The summed E-state index contributed by atoms with van der Waals surface area (Å²) in [7, 11) is -3.25. The number of amides is 1. The van der Waals surface area contributed by atoms with E-state index in [0.717, 1.165) is 61.7 Å². The first-order chi connectivity index (χ1) is 17.0. The summed E-state index contributed by atoms with van der Waals surface area (Å²) < 4.78 is 29.5. The van der Waals surface area contributed by atoms with Crippen LogP contribution >= 0.6 is 0 Å². The topological polar surface area (TPSA) is 95.9 Å². The normalized spacial score (nSPS) is 16.7. The van der Waals surface area contributed by atoms with E-state index in [0.29, 0.717) is 18.0 Å². The molecule has 1 fully saturated rings. The van der Waals surface area contributed by atoms with Gasteiger partial charge in [0.1, 0.15) is 23.6 Å². The summed E-state index contributed by atoms with van der Waals surface area (Å²) in [5.74, 6) is 1.68. The lowest BCUT2D eigenvalue weighted by Crippen LogP contribution is -2.48. The number of hydrogen-bond acceptors (Lipinski definition) is 8. The van der Waals surface area contributed by atoms with Crippen LogP contribution in [0.4, 0.5) is 22.1 Å².